The van der Waals surface area contributed by atoms with Crippen molar-refractivity contribution in [3.8, 4) is 11.4 Å². The zero-order chi connectivity index (χ0) is 17.2. The second-order valence-corrected chi connectivity index (χ2v) is 7.49. The van der Waals surface area contributed by atoms with Crippen LogP contribution in [0.25, 0.3) is 22.3 Å². The van der Waals surface area contributed by atoms with Crippen molar-refractivity contribution in [3.05, 3.63) is 42.6 Å². The number of aromatic amines is 1. The molecular weight excluding hydrogens is 332 g/mol. The number of benzene rings is 1. The minimum absolute atomic E-state index is 0.240. The Balaban J connectivity index is 1.74. The fourth-order valence-corrected chi connectivity index (χ4v) is 3.99. The van der Waals surface area contributed by atoms with Gasteiger partial charge < -0.3 is 9.72 Å². The standard InChI is InChI=1S/C19H22N4OS/c1-13(2)12-25-19-22-21-18(23(19)11-14-6-5-9-24-14)16-10-20-17-8-4-3-7-15(16)17/h3-4,7-8,10,14,20H,1,5-6,9,11-12H2,2H3. The lowest BCUT2D eigenvalue weighted by molar-refractivity contribution is 0.0953. The largest absolute Gasteiger partial charge is 0.376 e. The van der Waals surface area contributed by atoms with Gasteiger partial charge >= 0.3 is 0 Å². The zero-order valence-corrected chi connectivity index (χ0v) is 15.2. The molecule has 5 nitrogen and oxygen atoms in total. The number of ether oxygens (including phenoxy) is 1. The predicted molar refractivity (Wildman–Crippen MR) is 102 cm³/mol. The van der Waals surface area contributed by atoms with Crippen molar-refractivity contribution in [1.82, 2.24) is 19.7 Å². The van der Waals surface area contributed by atoms with E-state index in [1.165, 1.54) is 5.39 Å². The third kappa shape index (κ3) is 3.37. The number of H-pyrrole nitrogens is 1. The van der Waals surface area contributed by atoms with Gasteiger partial charge in [0.1, 0.15) is 0 Å². The predicted octanol–water partition coefficient (Wildman–Crippen LogP) is 4.27. The summed E-state index contributed by atoms with van der Waals surface area (Å²) in [6.07, 6.45) is 4.48. The molecule has 0 spiro atoms. The van der Waals surface area contributed by atoms with Crippen molar-refractivity contribution in [2.45, 2.75) is 37.6 Å². The highest BCUT2D eigenvalue weighted by Gasteiger charge is 2.23. The Labute approximate surface area is 151 Å². The fraction of sp³-hybridized carbons (Fsp3) is 0.368. The molecule has 1 atom stereocenters. The summed E-state index contributed by atoms with van der Waals surface area (Å²) < 4.78 is 8.06. The number of nitrogens with zero attached hydrogens (tertiary/aromatic N) is 3. The van der Waals surface area contributed by atoms with E-state index >= 15 is 0 Å². The maximum absolute atomic E-state index is 5.86. The highest BCUT2D eigenvalue weighted by Crippen LogP contribution is 2.31. The Morgan fingerprint density at radius 1 is 1.40 bits per heavy atom. The summed E-state index contributed by atoms with van der Waals surface area (Å²) in [5.74, 6) is 1.74. The third-order valence-electron chi connectivity index (χ3n) is 4.40. The Hall–Kier alpha value is -2.05. The van der Waals surface area contributed by atoms with Crippen LogP contribution in [0.5, 0.6) is 0 Å². The Morgan fingerprint density at radius 3 is 3.08 bits per heavy atom. The number of fused-ring (bicyclic) bond motifs is 1. The molecule has 130 valence electrons. The van der Waals surface area contributed by atoms with Gasteiger partial charge in [0, 0.05) is 35.0 Å². The summed E-state index contributed by atoms with van der Waals surface area (Å²) in [6.45, 7) is 7.67. The molecule has 2 aromatic heterocycles. The van der Waals surface area contributed by atoms with Crippen LogP contribution in [0.15, 0.2) is 47.8 Å². The van der Waals surface area contributed by atoms with Crippen molar-refractivity contribution < 1.29 is 4.74 Å². The molecule has 0 amide bonds. The normalized spacial score (nSPS) is 17.4. The SMILES string of the molecule is C=C(C)CSc1nnc(-c2c[nH]c3ccccc23)n1CC1CCCO1. The minimum Gasteiger partial charge on any atom is -0.376 e. The Morgan fingerprint density at radius 2 is 2.28 bits per heavy atom. The smallest absolute Gasteiger partial charge is 0.191 e. The van der Waals surface area contributed by atoms with E-state index in [9.17, 15) is 0 Å². The molecule has 0 bridgehead atoms. The van der Waals surface area contributed by atoms with Crippen LogP contribution >= 0.6 is 11.8 Å². The monoisotopic (exact) mass is 354 g/mol. The summed E-state index contributed by atoms with van der Waals surface area (Å²) in [5.41, 5.74) is 3.33. The molecule has 3 heterocycles. The topological polar surface area (TPSA) is 55.7 Å². The summed E-state index contributed by atoms with van der Waals surface area (Å²) in [6, 6.07) is 8.29. The van der Waals surface area contributed by atoms with Crippen LogP contribution in [0.4, 0.5) is 0 Å². The molecule has 4 rings (SSSR count). The molecule has 1 aliphatic heterocycles. The molecule has 1 N–H and O–H groups in total. The summed E-state index contributed by atoms with van der Waals surface area (Å²) >= 11 is 1.69. The van der Waals surface area contributed by atoms with Crippen LogP contribution in [0.2, 0.25) is 0 Å². The van der Waals surface area contributed by atoms with Crippen molar-refractivity contribution in [2.75, 3.05) is 12.4 Å². The van der Waals surface area contributed by atoms with Gasteiger partial charge in [-0.3, -0.25) is 4.57 Å². The summed E-state index contributed by atoms with van der Waals surface area (Å²) in [5, 5.41) is 11.1. The van der Waals surface area contributed by atoms with Crippen molar-refractivity contribution in [1.29, 1.82) is 0 Å². The molecule has 1 aromatic carbocycles. The van der Waals surface area contributed by atoms with Crippen LogP contribution < -0.4 is 0 Å². The van der Waals surface area contributed by atoms with Gasteiger partial charge in [0.05, 0.1) is 12.6 Å². The van der Waals surface area contributed by atoms with Gasteiger partial charge in [-0.15, -0.1) is 10.2 Å². The lowest BCUT2D eigenvalue weighted by Crippen LogP contribution is -2.16. The highest BCUT2D eigenvalue weighted by molar-refractivity contribution is 7.99. The van der Waals surface area contributed by atoms with E-state index in [4.69, 9.17) is 4.74 Å². The van der Waals surface area contributed by atoms with Crippen molar-refractivity contribution in [3.63, 3.8) is 0 Å². The fourth-order valence-electron chi connectivity index (χ4n) is 3.20. The van der Waals surface area contributed by atoms with Gasteiger partial charge in [-0.05, 0) is 25.8 Å². The first-order valence-electron chi connectivity index (χ1n) is 8.61. The van der Waals surface area contributed by atoms with Gasteiger partial charge in [-0.2, -0.15) is 0 Å². The quantitative estimate of drug-likeness (QED) is 0.530. The Bertz CT molecular complexity index is 892. The van der Waals surface area contributed by atoms with Gasteiger partial charge in [0.25, 0.3) is 0 Å². The van der Waals surface area contributed by atoms with E-state index in [0.29, 0.717) is 0 Å². The maximum atomic E-state index is 5.86. The van der Waals surface area contributed by atoms with Gasteiger partial charge in [0.15, 0.2) is 11.0 Å². The second kappa shape index (κ2) is 7.06. The zero-order valence-electron chi connectivity index (χ0n) is 14.4. The van der Waals surface area contributed by atoms with E-state index < -0.39 is 0 Å². The molecule has 1 fully saturated rings. The van der Waals surface area contributed by atoms with E-state index in [0.717, 1.165) is 59.4 Å². The van der Waals surface area contributed by atoms with Gasteiger partial charge in [0.2, 0.25) is 0 Å². The molecule has 0 saturated carbocycles. The molecule has 0 aliphatic carbocycles. The summed E-state index contributed by atoms with van der Waals surface area (Å²) in [4.78, 5) is 3.33. The van der Waals surface area contributed by atoms with Gasteiger partial charge in [-0.25, -0.2) is 0 Å². The van der Waals surface area contributed by atoms with Crippen LogP contribution in [0.3, 0.4) is 0 Å². The van der Waals surface area contributed by atoms with Crippen molar-refractivity contribution >= 4 is 22.7 Å². The molecule has 3 aromatic rings. The summed E-state index contributed by atoms with van der Waals surface area (Å²) in [7, 11) is 0. The number of thioether (sulfide) groups is 1. The number of hydrogen-bond acceptors (Lipinski definition) is 4. The van der Waals surface area contributed by atoms with E-state index in [-0.39, 0.29) is 6.10 Å². The molecule has 6 heteroatoms. The van der Waals surface area contributed by atoms with E-state index in [1.54, 1.807) is 11.8 Å². The highest BCUT2D eigenvalue weighted by atomic mass is 32.2. The van der Waals surface area contributed by atoms with Crippen LogP contribution in [0.1, 0.15) is 19.8 Å². The van der Waals surface area contributed by atoms with E-state index in [2.05, 4.69) is 44.5 Å². The Kier molecular flexibility index (Phi) is 4.63. The first kappa shape index (κ1) is 16.4. The third-order valence-corrected chi connectivity index (χ3v) is 5.60. The van der Waals surface area contributed by atoms with Crippen molar-refractivity contribution in [2.24, 2.45) is 0 Å². The van der Waals surface area contributed by atoms with Crippen LogP contribution in [-0.4, -0.2) is 38.2 Å². The average molecular weight is 354 g/mol. The molecular formula is C19H22N4OS. The number of nitrogens with one attached hydrogen (secondary N) is 1. The number of rotatable bonds is 6. The number of hydrogen-bond donors (Lipinski definition) is 1. The lowest BCUT2D eigenvalue weighted by atomic mass is 10.1. The second-order valence-electron chi connectivity index (χ2n) is 6.55. The average Bonchev–Trinajstić information content (AvgIpc) is 3.33. The minimum atomic E-state index is 0.240. The molecule has 1 unspecified atom stereocenters. The maximum Gasteiger partial charge on any atom is 0.191 e. The molecule has 25 heavy (non-hydrogen) atoms. The molecule has 0 radical (unpaired) electrons. The first-order chi connectivity index (χ1) is 12.2. The number of aromatic nitrogens is 4. The number of para-hydroxylation sites is 1. The molecule has 1 saturated heterocycles. The first-order valence-corrected chi connectivity index (χ1v) is 9.59. The van der Waals surface area contributed by atoms with E-state index in [1.807, 2.05) is 19.2 Å². The van der Waals surface area contributed by atoms with Crippen LogP contribution in [-0.2, 0) is 11.3 Å². The molecule has 1 aliphatic rings. The van der Waals surface area contributed by atoms with Crippen LogP contribution in [0, 0.1) is 0 Å². The van der Waals surface area contributed by atoms with Gasteiger partial charge in [-0.1, -0.05) is 42.1 Å². The lowest BCUT2D eigenvalue weighted by Gasteiger charge is -2.14.